The third-order valence-electron chi connectivity index (χ3n) is 4.37. The van der Waals surface area contributed by atoms with E-state index >= 15 is 0 Å². The van der Waals surface area contributed by atoms with E-state index in [1.807, 2.05) is 19.1 Å². The van der Waals surface area contributed by atoms with Crippen LogP contribution in [0.25, 0.3) is 16.6 Å². The van der Waals surface area contributed by atoms with Crippen LogP contribution in [-0.2, 0) is 4.79 Å². The van der Waals surface area contributed by atoms with Gasteiger partial charge in [0.25, 0.3) is 5.56 Å². The number of hydrogen-bond acceptors (Lipinski definition) is 5. The van der Waals surface area contributed by atoms with Gasteiger partial charge in [0.15, 0.2) is 5.16 Å². The predicted molar refractivity (Wildman–Crippen MR) is 108 cm³/mol. The lowest BCUT2D eigenvalue weighted by Crippen LogP contribution is -2.37. The number of para-hydroxylation sites is 1. The number of carbonyl (C=O) groups is 1. The van der Waals surface area contributed by atoms with Crippen LogP contribution in [-0.4, -0.2) is 32.2 Å². The van der Waals surface area contributed by atoms with Crippen LogP contribution in [0.3, 0.4) is 0 Å². The Morgan fingerprint density at radius 3 is 2.67 bits per heavy atom. The van der Waals surface area contributed by atoms with Crippen molar-refractivity contribution in [1.29, 1.82) is 0 Å². The van der Waals surface area contributed by atoms with Gasteiger partial charge in [-0.05, 0) is 37.1 Å². The minimum atomic E-state index is -0.174. The molecule has 1 atom stereocenters. The van der Waals surface area contributed by atoms with Gasteiger partial charge in [0.2, 0.25) is 5.91 Å². The Hall–Kier alpha value is -2.67. The summed E-state index contributed by atoms with van der Waals surface area (Å²) in [6, 6.07) is 10.9. The van der Waals surface area contributed by atoms with Crippen molar-refractivity contribution < 1.29 is 4.79 Å². The molecular weight excluding hydrogens is 360 g/mol. The number of pyridine rings is 1. The molecule has 6 nitrogen and oxygen atoms in total. The Morgan fingerprint density at radius 2 is 1.96 bits per heavy atom. The summed E-state index contributed by atoms with van der Waals surface area (Å²) >= 11 is 1.24. The summed E-state index contributed by atoms with van der Waals surface area (Å²) in [5, 5.41) is 3.98. The van der Waals surface area contributed by atoms with Crippen molar-refractivity contribution in [3.05, 3.63) is 59.1 Å². The molecule has 0 bridgehead atoms. The monoisotopic (exact) mass is 382 g/mol. The Balaban J connectivity index is 1.96. The lowest BCUT2D eigenvalue weighted by molar-refractivity contribution is -0.119. The number of nitrogens with one attached hydrogen (secondary N) is 1. The van der Waals surface area contributed by atoms with Crippen LogP contribution in [0, 0.1) is 5.92 Å². The summed E-state index contributed by atoms with van der Waals surface area (Å²) < 4.78 is 1.51. The zero-order valence-corrected chi connectivity index (χ0v) is 16.4. The molecule has 27 heavy (non-hydrogen) atoms. The summed E-state index contributed by atoms with van der Waals surface area (Å²) in [7, 11) is 0. The third kappa shape index (κ3) is 4.36. The molecule has 7 heteroatoms. The summed E-state index contributed by atoms with van der Waals surface area (Å²) in [6.07, 6.45) is 3.26. The lowest BCUT2D eigenvalue weighted by atomic mass is 10.1. The molecule has 3 rings (SSSR count). The fourth-order valence-corrected chi connectivity index (χ4v) is 3.34. The molecule has 1 amide bonds. The maximum atomic E-state index is 13.0. The SMILES string of the molecule is CC(C)C(C)NC(=O)CSc1nc2ccccc2c(=O)n1-c1cccnc1. The average molecular weight is 382 g/mol. The maximum Gasteiger partial charge on any atom is 0.266 e. The van der Waals surface area contributed by atoms with Crippen LogP contribution >= 0.6 is 11.8 Å². The first kappa shape index (κ1) is 19.1. The Labute approximate surface area is 162 Å². The fraction of sp³-hybridized carbons (Fsp3) is 0.300. The van der Waals surface area contributed by atoms with Gasteiger partial charge in [-0.1, -0.05) is 37.7 Å². The summed E-state index contributed by atoms with van der Waals surface area (Å²) in [5.41, 5.74) is 1.06. The number of aromatic nitrogens is 3. The summed E-state index contributed by atoms with van der Waals surface area (Å²) in [4.78, 5) is 34.0. The molecule has 0 aliphatic rings. The number of nitrogens with zero attached hydrogens (tertiary/aromatic N) is 3. The number of hydrogen-bond donors (Lipinski definition) is 1. The molecule has 2 heterocycles. The van der Waals surface area contributed by atoms with Gasteiger partial charge in [0, 0.05) is 12.2 Å². The molecule has 0 aliphatic carbocycles. The molecule has 0 fully saturated rings. The van der Waals surface area contributed by atoms with Crippen LogP contribution in [0.1, 0.15) is 20.8 Å². The second-order valence-corrected chi connectivity index (χ2v) is 7.59. The Bertz CT molecular complexity index is 1000. The van der Waals surface area contributed by atoms with Gasteiger partial charge in [0.1, 0.15) is 0 Å². The normalized spacial score (nSPS) is 12.3. The largest absolute Gasteiger partial charge is 0.353 e. The van der Waals surface area contributed by atoms with Crippen molar-refractivity contribution in [2.45, 2.75) is 32.0 Å². The van der Waals surface area contributed by atoms with E-state index in [-0.39, 0.29) is 23.3 Å². The highest BCUT2D eigenvalue weighted by Crippen LogP contribution is 2.20. The van der Waals surface area contributed by atoms with E-state index in [9.17, 15) is 9.59 Å². The van der Waals surface area contributed by atoms with E-state index in [0.29, 0.717) is 27.7 Å². The number of benzene rings is 1. The molecular formula is C20H22N4O2S. The van der Waals surface area contributed by atoms with E-state index in [2.05, 4.69) is 29.1 Å². The van der Waals surface area contributed by atoms with Gasteiger partial charge in [-0.2, -0.15) is 0 Å². The second kappa shape index (κ2) is 8.35. The number of fused-ring (bicyclic) bond motifs is 1. The first-order valence-corrected chi connectivity index (χ1v) is 9.80. The molecule has 1 aromatic carbocycles. The molecule has 0 radical (unpaired) electrons. The van der Waals surface area contributed by atoms with Crippen LogP contribution in [0.15, 0.2) is 58.7 Å². The average Bonchev–Trinajstić information content (AvgIpc) is 2.67. The van der Waals surface area contributed by atoms with E-state index in [0.717, 1.165) is 0 Å². The number of thioether (sulfide) groups is 1. The first-order chi connectivity index (χ1) is 13.0. The molecule has 140 valence electrons. The van der Waals surface area contributed by atoms with Gasteiger partial charge in [0.05, 0.1) is 28.5 Å². The van der Waals surface area contributed by atoms with Crippen molar-refractivity contribution in [3.8, 4) is 5.69 Å². The second-order valence-electron chi connectivity index (χ2n) is 6.65. The van der Waals surface area contributed by atoms with Crippen LogP contribution in [0.4, 0.5) is 0 Å². The zero-order valence-electron chi connectivity index (χ0n) is 15.5. The molecule has 0 spiro atoms. The third-order valence-corrected chi connectivity index (χ3v) is 5.31. The van der Waals surface area contributed by atoms with Crippen LogP contribution in [0.5, 0.6) is 0 Å². The topological polar surface area (TPSA) is 76.9 Å². The first-order valence-electron chi connectivity index (χ1n) is 8.81. The van der Waals surface area contributed by atoms with Crippen molar-refractivity contribution >= 4 is 28.6 Å². The highest BCUT2D eigenvalue weighted by molar-refractivity contribution is 7.99. The smallest absolute Gasteiger partial charge is 0.266 e. The zero-order chi connectivity index (χ0) is 19.4. The molecule has 1 unspecified atom stereocenters. The highest BCUT2D eigenvalue weighted by atomic mass is 32.2. The van der Waals surface area contributed by atoms with Gasteiger partial charge < -0.3 is 5.32 Å². The number of amides is 1. The van der Waals surface area contributed by atoms with Gasteiger partial charge in [-0.15, -0.1) is 0 Å². The number of carbonyl (C=O) groups excluding carboxylic acids is 1. The van der Waals surface area contributed by atoms with Gasteiger partial charge in [-0.25, -0.2) is 4.98 Å². The maximum absolute atomic E-state index is 13.0. The van der Waals surface area contributed by atoms with Crippen molar-refractivity contribution in [1.82, 2.24) is 19.9 Å². The minimum Gasteiger partial charge on any atom is -0.353 e. The summed E-state index contributed by atoms with van der Waals surface area (Å²) in [6.45, 7) is 6.10. The molecule has 1 N–H and O–H groups in total. The summed E-state index contributed by atoms with van der Waals surface area (Å²) in [5.74, 6) is 0.454. The van der Waals surface area contributed by atoms with Crippen LogP contribution in [0.2, 0.25) is 0 Å². The molecule has 3 aromatic rings. The van der Waals surface area contributed by atoms with Gasteiger partial charge >= 0.3 is 0 Å². The number of rotatable bonds is 6. The molecule has 0 aliphatic heterocycles. The van der Waals surface area contributed by atoms with E-state index in [4.69, 9.17) is 0 Å². The Morgan fingerprint density at radius 1 is 1.19 bits per heavy atom. The molecule has 2 aromatic heterocycles. The van der Waals surface area contributed by atoms with E-state index in [1.54, 1.807) is 36.7 Å². The fourth-order valence-electron chi connectivity index (χ4n) is 2.52. The lowest BCUT2D eigenvalue weighted by Gasteiger charge is -2.17. The van der Waals surface area contributed by atoms with Crippen LogP contribution < -0.4 is 10.9 Å². The molecule has 0 saturated carbocycles. The van der Waals surface area contributed by atoms with E-state index in [1.165, 1.54) is 16.3 Å². The van der Waals surface area contributed by atoms with Crippen molar-refractivity contribution in [3.63, 3.8) is 0 Å². The Kier molecular flexibility index (Phi) is 5.91. The highest BCUT2D eigenvalue weighted by Gasteiger charge is 2.16. The van der Waals surface area contributed by atoms with Crippen molar-refractivity contribution in [2.75, 3.05) is 5.75 Å². The minimum absolute atomic E-state index is 0.0821. The quantitative estimate of drug-likeness (QED) is 0.524. The van der Waals surface area contributed by atoms with Gasteiger partial charge in [-0.3, -0.25) is 19.1 Å². The van der Waals surface area contributed by atoms with Crippen molar-refractivity contribution in [2.24, 2.45) is 5.92 Å². The standard InChI is InChI=1S/C20H22N4O2S/c1-13(2)14(3)22-18(25)12-27-20-23-17-9-5-4-8-16(17)19(26)24(20)15-7-6-10-21-11-15/h4-11,13-14H,12H2,1-3H3,(H,22,25). The molecule has 0 saturated heterocycles. The van der Waals surface area contributed by atoms with E-state index < -0.39 is 0 Å². The predicted octanol–water partition coefficient (Wildman–Crippen LogP) is 3.03.